The first kappa shape index (κ1) is 14.4. The normalized spacial score (nSPS) is 15.0. The summed E-state index contributed by atoms with van der Waals surface area (Å²) in [6, 6.07) is 12.3. The van der Waals surface area contributed by atoms with Crippen LogP contribution in [0.3, 0.4) is 0 Å². The van der Waals surface area contributed by atoms with Crippen molar-refractivity contribution in [2.75, 3.05) is 18.0 Å². The molecule has 1 aromatic carbocycles. The van der Waals surface area contributed by atoms with E-state index in [0.29, 0.717) is 12.3 Å². The molecule has 0 radical (unpaired) electrons. The van der Waals surface area contributed by atoms with E-state index in [0.717, 1.165) is 13.0 Å². The molecule has 1 aliphatic rings. The highest BCUT2D eigenvalue weighted by molar-refractivity contribution is 5.91. The molecule has 114 valence electrons. The van der Waals surface area contributed by atoms with Crippen LogP contribution in [0.2, 0.25) is 0 Å². The highest BCUT2D eigenvalue weighted by Gasteiger charge is 2.22. The van der Waals surface area contributed by atoms with Crippen LogP contribution < -0.4 is 10.2 Å². The van der Waals surface area contributed by atoms with Gasteiger partial charge >= 0.3 is 0 Å². The van der Waals surface area contributed by atoms with Gasteiger partial charge in [-0.2, -0.15) is 0 Å². The minimum absolute atomic E-state index is 0.101. The van der Waals surface area contributed by atoms with E-state index < -0.39 is 0 Å². The number of carbonyl (C=O) groups excluding carboxylic acids is 1. The number of para-hydroxylation sites is 1. The van der Waals surface area contributed by atoms with Crippen molar-refractivity contribution in [2.24, 2.45) is 0 Å². The number of benzene rings is 1. The Morgan fingerprint density at radius 3 is 3.05 bits per heavy atom. The summed E-state index contributed by atoms with van der Waals surface area (Å²) in [5, 5.41) is 2.94. The fraction of sp³-hybridized carbons (Fsp3) is 0.278. The van der Waals surface area contributed by atoms with E-state index in [1.165, 1.54) is 17.3 Å². The maximum absolute atomic E-state index is 11.8. The molecule has 3 rings (SSSR count). The molecule has 4 heteroatoms. The summed E-state index contributed by atoms with van der Waals surface area (Å²) in [4.78, 5) is 14.2. The Hall–Kier alpha value is -2.49. The van der Waals surface area contributed by atoms with E-state index in [1.54, 1.807) is 18.4 Å². The number of rotatable bonds is 5. The molecule has 0 bridgehead atoms. The van der Waals surface area contributed by atoms with E-state index in [4.69, 9.17) is 4.42 Å². The quantitative estimate of drug-likeness (QED) is 0.863. The molecule has 0 spiro atoms. The number of anilines is 1. The van der Waals surface area contributed by atoms with Crippen LogP contribution >= 0.6 is 0 Å². The van der Waals surface area contributed by atoms with Crippen LogP contribution in [0, 0.1) is 0 Å². The summed E-state index contributed by atoms with van der Waals surface area (Å²) in [5.41, 5.74) is 2.67. The Morgan fingerprint density at radius 2 is 2.23 bits per heavy atom. The van der Waals surface area contributed by atoms with E-state index in [9.17, 15) is 4.79 Å². The summed E-state index contributed by atoms with van der Waals surface area (Å²) in [5.74, 6) is 0.576. The zero-order valence-corrected chi connectivity index (χ0v) is 12.7. The molecule has 22 heavy (non-hydrogen) atoms. The van der Waals surface area contributed by atoms with E-state index in [2.05, 4.69) is 41.4 Å². The lowest BCUT2D eigenvalue weighted by molar-refractivity contribution is -0.116. The van der Waals surface area contributed by atoms with E-state index in [-0.39, 0.29) is 11.9 Å². The van der Waals surface area contributed by atoms with Gasteiger partial charge in [0.1, 0.15) is 5.76 Å². The lowest BCUT2D eigenvalue weighted by Crippen LogP contribution is -2.41. The lowest BCUT2D eigenvalue weighted by Gasteiger charge is -2.27. The topological polar surface area (TPSA) is 45.5 Å². The third-order valence-corrected chi connectivity index (χ3v) is 3.97. The molecule has 1 atom stereocenters. The molecule has 0 fully saturated rings. The van der Waals surface area contributed by atoms with Crippen LogP contribution in [0.1, 0.15) is 18.2 Å². The molecular formula is C18H20N2O2. The smallest absolute Gasteiger partial charge is 0.244 e. The SMILES string of the molecule is C[C@@H](CNC(=O)/C=C/c1ccco1)N1CCc2ccccc21. The molecule has 1 amide bonds. The Labute approximate surface area is 130 Å². The lowest BCUT2D eigenvalue weighted by atomic mass is 10.2. The molecule has 1 N–H and O–H groups in total. The maximum Gasteiger partial charge on any atom is 0.244 e. The average molecular weight is 296 g/mol. The van der Waals surface area contributed by atoms with Gasteiger partial charge in [-0.25, -0.2) is 0 Å². The number of hydrogen-bond acceptors (Lipinski definition) is 3. The van der Waals surface area contributed by atoms with Crippen molar-refractivity contribution in [1.82, 2.24) is 5.32 Å². The summed E-state index contributed by atoms with van der Waals surface area (Å²) in [7, 11) is 0. The van der Waals surface area contributed by atoms with Gasteiger partial charge in [0.05, 0.1) is 6.26 Å². The van der Waals surface area contributed by atoms with Crippen molar-refractivity contribution in [1.29, 1.82) is 0 Å². The summed E-state index contributed by atoms with van der Waals surface area (Å²) < 4.78 is 5.15. The van der Waals surface area contributed by atoms with Gasteiger partial charge in [0.25, 0.3) is 0 Å². The molecule has 2 aromatic rings. The first-order valence-electron chi connectivity index (χ1n) is 7.58. The number of hydrogen-bond donors (Lipinski definition) is 1. The number of furan rings is 1. The van der Waals surface area contributed by atoms with Gasteiger partial charge < -0.3 is 14.6 Å². The molecule has 0 aliphatic carbocycles. The van der Waals surface area contributed by atoms with Gasteiger partial charge in [-0.15, -0.1) is 0 Å². The molecule has 4 nitrogen and oxygen atoms in total. The summed E-state index contributed by atoms with van der Waals surface area (Å²) >= 11 is 0. The molecule has 0 saturated carbocycles. The van der Waals surface area contributed by atoms with E-state index in [1.807, 2.05) is 6.07 Å². The molecular weight excluding hydrogens is 276 g/mol. The summed E-state index contributed by atoms with van der Waals surface area (Å²) in [6.07, 6.45) is 5.84. The van der Waals surface area contributed by atoms with Gasteiger partial charge in [-0.1, -0.05) is 18.2 Å². The zero-order chi connectivity index (χ0) is 15.4. The van der Waals surface area contributed by atoms with Crippen LogP contribution in [0.15, 0.2) is 53.2 Å². The molecule has 0 unspecified atom stereocenters. The highest BCUT2D eigenvalue weighted by atomic mass is 16.3. The van der Waals surface area contributed by atoms with Crippen LogP contribution in [0.4, 0.5) is 5.69 Å². The van der Waals surface area contributed by atoms with Crippen LogP contribution in [0.5, 0.6) is 0 Å². The van der Waals surface area contributed by atoms with Crippen molar-refractivity contribution in [3.63, 3.8) is 0 Å². The fourth-order valence-electron chi connectivity index (χ4n) is 2.78. The minimum atomic E-state index is -0.101. The van der Waals surface area contributed by atoms with Crippen LogP contribution in [0.25, 0.3) is 6.08 Å². The number of amides is 1. The Morgan fingerprint density at radius 1 is 1.36 bits per heavy atom. The largest absolute Gasteiger partial charge is 0.465 e. The van der Waals surface area contributed by atoms with E-state index >= 15 is 0 Å². The fourth-order valence-corrected chi connectivity index (χ4v) is 2.78. The van der Waals surface area contributed by atoms with Crippen molar-refractivity contribution >= 4 is 17.7 Å². The molecule has 0 saturated heterocycles. The highest BCUT2D eigenvalue weighted by Crippen LogP contribution is 2.28. The van der Waals surface area contributed by atoms with Gasteiger partial charge in [-0.05, 0) is 43.2 Å². The first-order chi connectivity index (χ1) is 10.7. The average Bonchev–Trinajstić information content (AvgIpc) is 3.19. The Balaban J connectivity index is 1.52. The minimum Gasteiger partial charge on any atom is -0.465 e. The second kappa shape index (κ2) is 6.52. The van der Waals surface area contributed by atoms with Crippen molar-refractivity contribution in [3.8, 4) is 0 Å². The van der Waals surface area contributed by atoms with Crippen LogP contribution in [-0.4, -0.2) is 25.0 Å². The third-order valence-electron chi connectivity index (χ3n) is 3.97. The standard InChI is InChI=1S/C18H20N2O2/c1-14(20-11-10-15-5-2-3-7-17(15)20)13-19-18(21)9-8-16-6-4-12-22-16/h2-9,12,14H,10-11,13H2,1H3,(H,19,21)/b9-8+/t14-/m0/s1. The monoisotopic (exact) mass is 296 g/mol. The van der Waals surface area contributed by atoms with Gasteiger partial charge in [0.2, 0.25) is 5.91 Å². The number of nitrogens with one attached hydrogen (secondary N) is 1. The number of fused-ring (bicyclic) bond motifs is 1. The predicted molar refractivity (Wildman–Crippen MR) is 87.7 cm³/mol. The van der Waals surface area contributed by atoms with Crippen molar-refractivity contribution < 1.29 is 9.21 Å². The zero-order valence-electron chi connectivity index (χ0n) is 12.7. The van der Waals surface area contributed by atoms with Gasteiger partial charge in [-0.3, -0.25) is 4.79 Å². The third kappa shape index (κ3) is 3.22. The number of carbonyl (C=O) groups is 1. The second-order valence-electron chi connectivity index (χ2n) is 5.52. The summed E-state index contributed by atoms with van der Waals surface area (Å²) in [6.45, 7) is 3.77. The Bertz CT molecular complexity index is 661. The second-order valence-corrected chi connectivity index (χ2v) is 5.52. The molecule has 2 heterocycles. The first-order valence-corrected chi connectivity index (χ1v) is 7.58. The van der Waals surface area contributed by atoms with Crippen LogP contribution in [-0.2, 0) is 11.2 Å². The predicted octanol–water partition coefficient (Wildman–Crippen LogP) is 2.86. The van der Waals surface area contributed by atoms with Gasteiger partial charge in [0.15, 0.2) is 0 Å². The maximum atomic E-state index is 11.8. The number of nitrogens with zero attached hydrogens (tertiary/aromatic N) is 1. The molecule has 1 aromatic heterocycles. The van der Waals surface area contributed by atoms with Crippen molar-refractivity contribution in [2.45, 2.75) is 19.4 Å². The Kier molecular flexibility index (Phi) is 4.28. The molecule has 1 aliphatic heterocycles. The van der Waals surface area contributed by atoms with Gasteiger partial charge in [0, 0.05) is 30.9 Å². The van der Waals surface area contributed by atoms with Crippen molar-refractivity contribution in [3.05, 3.63) is 60.1 Å².